The molecule has 2 heterocycles. The topological polar surface area (TPSA) is 66.5 Å². The number of rotatable bonds is 4. The Labute approximate surface area is 127 Å². The van der Waals surface area contributed by atoms with Crippen LogP contribution in [0.3, 0.4) is 0 Å². The van der Waals surface area contributed by atoms with Crippen LogP contribution in [0.2, 0.25) is 0 Å². The number of aromatic nitrogens is 4. The molecule has 0 aliphatic carbocycles. The van der Waals surface area contributed by atoms with Crippen molar-refractivity contribution in [3.05, 3.63) is 35.7 Å². The van der Waals surface area contributed by atoms with Gasteiger partial charge >= 0.3 is 0 Å². The lowest BCUT2D eigenvalue weighted by atomic mass is 10.3. The molecule has 0 aliphatic heterocycles. The molecular formula is C15H17N5S. The molecule has 6 heteroatoms. The van der Waals surface area contributed by atoms with E-state index in [9.17, 15) is 0 Å². The number of hydrogen-bond donors (Lipinski definition) is 2. The molecule has 1 aromatic carbocycles. The van der Waals surface area contributed by atoms with Crippen LogP contribution in [0.1, 0.15) is 18.3 Å². The van der Waals surface area contributed by atoms with Crippen LogP contribution in [0.5, 0.6) is 0 Å². The Morgan fingerprint density at radius 2 is 1.95 bits per heavy atom. The molecule has 0 spiro atoms. The van der Waals surface area contributed by atoms with Crippen LogP contribution in [0.4, 0.5) is 5.82 Å². The van der Waals surface area contributed by atoms with E-state index in [1.165, 1.54) is 11.8 Å². The van der Waals surface area contributed by atoms with Crippen LogP contribution in [0.25, 0.3) is 11.0 Å². The van der Waals surface area contributed by atoms with Gasteiger partial charge in [-0.1, -0.05) is 12.1 Å². The van der Waals surface area contributed by atoms with E-state index in [4.69, 9.17) is 0 Å². The molecule has 3 rings (SSSR count). The van der Waals surface area contributed by atoms with E-state index in [2.05, 4.69) is 32.2 Å². The van der Waals surface area contributed by atoms with Gasteiger partial charge in [0, 0.05) is 12.1 Å². The maximum absolute atomic E-state index is 4.58. The summed E-state index contributed by atoms with van der Waals surface area (Å²) in [4.78, 5) is 16.9. The van der Waals surface area contributed by atoms with Gasteiger partial charge in [0.15, 0.2) is 5.16 Å². The van der Waals surface area contributed by atoms with Crippen molar-refractivity contribution in [3.8, 4) is 0 Å². The lowest BCUT2D eigenvalue weighted by Crippen LogP contribution is -2.05. The summed E-state index contributed by atoms with van der Waals surface area (Å²) in [7, 11) is 0. The van der Waals surface area contributed by atoms with Gasteiger partial charge in [-0.2, -0.15) is 0 Å². The minimum Gasteiger partial charge on any atom is -0.370 e. The Morgan fingerprint density at radius 1 is 1.14 bits per heavy atom. The van der Waals surface area contributed by atoms with Gasteiger partial charge in [-0.25, -0.2) is 15.0 Å². The molecule has 0 fully saturated rings. The lowest BCUT2D eigenvalue weighted by Gasteiger charge is -2.10. The van der Waals surface area contributed by atoms with Crippen molar-refractivity contribution in [3.63, 3.8) is 0 Å². The molecule has 2 aromatic heterocycles. The van der Waals surface area contributed by atoms with Crippen LogP contribution >= 0.6 is 11.8 Å². The maximum Gasteiger partial charge on any atom is 0.172 e. The number of anilines is 1. The average Bonchev–Trinajstić information content (AvgIpc) is 2.86. The summed E-state index contributed by atoms with van der Waals surface area (Å²) in [6.07, 6.45) is 0. The second-order valence-corrected chi connectivity index (χ2v) is 5.72. The molecule has 3 aromatic rings. The zero-order valence-electron chi connectivity index (χ0n) is 12.3. The van der Waals surface area contributed by atoms with E-state index in [0.717, 1.165) is 45.0 Å². The Kier molecular flexibility index (Phi) is 3.79. The second kappa shape index (κ2) is 5.73. The predicted octanol–water partition coefficient (Wildman–Crippen LogP) is 3.55. The first-order valence-electron chi connectivity index (χ1n) is 6.89. The van der Waals surface area contributed by atoms with Gasteiger partial charge in [0.2, 0.25) is 0 Å². The molecule has 0 unspecified atom stereocenters. The van der Waals surface area contributed by atoms with Gasteiger partial charge in [0.1, 0.15) is 16.7 Å². The summed E-state index contributed by atoms with van der Waals surface area (Å²) in [5, 5.41) is 5.05. The Hall–Kier alpha value is -2.08. The maximum atomic E-state index is 4.58. The zero-order chi connectivity index (χ0) is 14.8. The van der Waals surface area contributed by atoms with Gasteiger partial charge in [0.05, 0.1) is 11.0 Å². The first kappa shape index (κ1) is 13.9. The number of imidazole rings is 1. The highest BCUT2D eigenvalue weighted by molar-refractivity contribution is 7.99. The molecule has 0 bridgehead atoms. The van der Waals surface area contributed by atoms with Crippen LogP contribution < -0.4 is 5.32 Å². The van der Waals surface area contributed by atoms with Crippen molar-refractivity contribution >= 4 is 28.6 Å². The van der Waals surface area contributed by atoms with Crippen molar-refractivity contribution in [1.82, 2.24) is 19.9 Å². The number of hydrogen-bond acceptors (Lipinski definition) is 5. The fourth-order valence-electron chi connectivity index (χ4n) is 2.11. The number of nitrogens with one attached hydrogen (secondary N) is 2. The summed E-state index contributed by atoms with van der Waals surface area (Å²) >= 11 is 1.54. The fraction of sp³-hybridized carbons (Fsp3) is 0.267. The number of nitrogens with zero attached hydrogens (tertiary/aromatic N) is 3. The van der Waals surface area contributed by atoms with Gasteiger partial charge in [-0.3, -0.25) is 0 Å². The molecule has 108 valence electrons. The summed E-state index contributed by atoms with van der Waals surface area (Å²) in [6, 6.07) is 8.01. The molecule has 0 amide bonds. The molecule has 2 N–H and O–H groups in total. The van der Waals surface area contributed by atoms with Gasteiger partial charge in [-0.15, -0.1) is 0 Å². The third-order valence-electron chi connectivity index (χ3n) is 3.12. The molecule has 0 atom stereocenters. The number of benzene rings is 1. The van der Waals surface area contributed by atoms with Crippen LogP contribution in [0, 0.1) is 13.8 Å². The molecule has 0 radical (unpaired) electrons. The summed E-state index contributed by atoms with van der Waals surface area (Å²) < 4.78 is 0. The Bertz CT molecular complexity index is 748. The van der Waals surface area contributed by atoms with E-state index in [1.807, 2.05) is 38.1 Å². The SMILES string of the molecule is CCNc1nc(C)nc(Sc2nc3ccccc3[nH]2)c1C. The standard InChI is InChI=1S/C15H17N5S/c1-4-16-13-9(2)14(18-10(3)17-13)21-15-19-11-7-5-6-8-12(11)20-15/h5-8H,4H2,1-3H3,(H,19,20)(H,16,17,18). The smallest absolute Gasteiger partial charge is 0.172 e. The van der Waals surface area contributed by atoms with Crippen molar-refractivity contribution in [2.24, 2.45) is 0 Å². The molecule has 0 aliphatic rings. The quantitative estimate of drug-likeness (QED) is 0.721. The Balaban J connectivity index is 1.97. The summed E-state index contributed by atoms with van der Waals surface area (Å²) in [5.74, 6) is 1.65. The van der Waals surface area contributed by atoms with Gasteiger partial charge in [-0.05, 0) is 44.7 Å². The van der Waals surface area contributed by atoms with Crippen molar-refractivity contribution < 1.29 is 0 Å². The number of H-pyrrole nitrogens is 1. The lowest BCUT2D eigenvalue weighted by molar-refractivity contribution is 0.927. The van der Waals surface area contributed by atoms with Crippen LogP contribution in [-0.2, 0) is 0 Å². The van der Waals surface area contributed by atoms with E-state index >= 15 is 0 Å². The monoisotopic (exact) mass is 299 g/mol. The highest BCUT2D eigenvalue weighted by Crippen LogP contribution is 2.30. The predicted molar refractivity (Wildman–Crippen MR) is 85.9 cm³/mol. The minimum absolute atomic E-state index is 0.759. The number of para-hydroxylation sites is 2. The van der Waals surface area contributed by atoms with Crippen molar-refractivity contribution in [1.29, 1.82) is 0 Å². The van der Waals surface area contributed by atoms with Crippen molar-refractivity contribution in [2.75, 3.05) is 11.9 Å². The van der Waals surface area contributed by atoms with E-state index < -0.39 is 0 Å². The second-order valence-electron chi connectivity index (χ2n) is 4.74. The molecule has 0 saturated carbocycles. The van der Waals surface area contributed by atoms with Crippen molar-refractivity contribution in [2.45, 2.75) is 31.0 Å². The van der Waals surface area contributed by atoms with E-state index in [0.29, 0.717) is 0 Å². The highest BCUT2D eigenvalue weighted by Gasteiger charge is 2.12. The third kappa shape index (κ3) is 2.85. The van der Waals surface area contributed by atoms with E-state index in [1.54, 1.807) is 0 Å². The summed E-state index contributed by atoms with van der Waals surface area (Å²) in [5.41, 5.74) is 3.05. The van der Waals surface area contributed by atoms with Crippen LogP contribution in [-0.4, -0.2) is 26.5 Å². The minimum atomic E-state index is 0.759. The fourth-order valence-corrected chi connectivity index (χ4v) is 3.03. The number of aryl methyl sites for hydroxylation is 1. The molecule has 21 heavy (non-hydrogen) atoms. The van der Waals surface area contributed by atoms with Gasteiger partial charge < -0.3 is 10.3 Å². The summed E-state index contributed by atoms with van der Waals surface area (Å²) in [6.45, 7) is 6.83. The first-order valence-corrected chi connectivity index (χ1v) is 7.70. The number of aromatic amines is 1. The van der Waals surface area contributed by atoms with Gasteiger partial charge in [0.25, 0.3) is 0 Å². The normalized spacial score (nSPS) is 11.0. The van der Waals surface area contributed by atoms with Crippen LogP contribution in [0.15, 0.2) is 34.4 Å². The average molecular weight is 299 g/mol. The Morgan fingerprint density at radius 3 is 2.71 bits per heavy atom. The largest absolute Gasteiger partial charge is 0.370 e. The third-order valence-corrected chi connectivity index (χ3v) is 4.10. The molecule has 0 saturated heterocycles. The highest BCUT2D eigenvalue weighted by atomic mass is 32.2. The number of fused-ring (bicyclic) bond motifs is 1. The molecular weight excluding hydrogens is 282 g/mol. The molecule has 5 nitrogen and oxygen atoms in total. The van der Waals surface area contributed by atoms with E-state index in [-0.39, 0.29) is 0 Å². The zero-order valence-corrected chi connectivity index (χ0v) is 13.1. The first-order chi connectivity index (χ1) is 10.2.